The zero-order valence-corrected chi connectivity index (χ0v) is 15.4. The zero-order chi connectivity index (χ0) is 18.5. The number of hydrogen-bond acceptors (Lipinski definition) is 3. The molecule has 1 N–H and O–H groups in total. The van der Waals surface area contributed by atoms with Crippen LogP contribution in [0.1, 0.15) is 40.7 Å². The summed E-state index contributed by atoms with van der Waals surface area (Å²) in [6, 6.07) is 14.6. The molecule has 4 rings (SSSR count). The summed E-state index contributed by atoms with van der Waals surface area (Å²) in [5.41, 5.74) is 6.21. The predicted molar refractivity (Wildman–Crippen MR) is 104 cm³/mol. The number of carbonyl (C=O) groups is 1. The van der Waals surface area contributed by atoms with Crippen molar-refractivity contribution in [2.45, 2.75) is 45.2 Å². The largest absolute Gasteiger partial charge is 0.352 e. The van der Waals surface area contributed by atoms with Crippen molar-refractivity contribution in [1.82, 2.24) is 20.1 Å². The van der Waals surface area contributed by atoms with E-state index in [2.05, 4.69) is 39.7 Å². The van der Waals surface area contributed by atoms with Gasteiger partial charge in [0.2, 0.25) is 5.91 Å². The number of benzene rings is 2. The van der Waals surface area contributed by atoms with Crippen LogP contribution < -0.4 is 5.32 Å². The van der Waals surface area contributed by atoms with E-state index in [1.54, 1.807) is 11.0 Å². The molecule has 0 bridgehead atoms. The number of rotatable bonds is 6. The smallest absolute Gasteiger partial charge is 0.224 e. The Morgan fingerprint density at radius 1 is 1.04 bits per heavy atom. The van der Waals surface area contributed by atoms with E-state index in [-0.39, 0.29) is 5.91 Å². The summed E-state index contributed by atoms with van der Waals surface area (Å²) in [5.74, 6) is 0.0568. The number of nitrogens with one attached hydrogen (secondary N) is 1. The SMILES string of the molecule is O=C(Cc1ccc2c(c1)CCCC2)NCc1ccccc1Cn1cncn1. The summed E-state index contributed by atoms with van der Waals surface area (Å²) in [5, 5.41) is 7.22. The molecule has 1 heterocycles. The highest BCUT2D eigenvalue weighted by Gasteiger charge is 2.11. The zero-order valence-electron chi connectivity index (χ0n) is 15.4. The van der Waals surface area contributed by atoms with E-state index >= 15 is 0 Å². The number of aromatic nitrogens is 3. The summed E-state index contributed by atoms with van der Waals surface area (Å²) in [6.07, 6.45) is 8.50. The molecule has 0 fully saturated rings. The molecule has 0 unspecified atom stereocenters. The minimum atomic E-state index is 0.0568. The van der Waals surface area contributed by atoms with Crippen LogP contribution in [0.4, 0.5) is 0 Å². The molecule has 0 saturated heterocycles. The molecule has 27 heavy (non-hydrogen) atoms. The first-order valence-electron chi connectivity index (χ1n) is 9.54. The van der Waals surface area contributed by atoms with Gasteiger partial charge in [0, 0.05) is 6.54 Å². The fourth-order valence-corrected chi connectivity index (χ4v) is 3.71. The number of carbonyl (C=O) groups excluding carboxylic acids is 1. The van der Waals surface area contributed by atoms with E-state index in [0.29, 0.717) is 19.5 Å². The molecule has 1 aromatic heterocycles. The van der Waals surface area contributed by atoms with E-state index in [1.165, 1.54) is 36.7 Å². The Bertz CT molecular complexity index is 918. The third-order valence-corrected chi connectivity index (χ3v) is 5.17. The fourth-order valence-electron chi connectivity index (χ4n) is 3.71. The standard InChI is InChI=1S/C22H24N4O/c27-22(12-17-9-10-18-5-1-2-6-19(18)11-17)24-13-20-7-3-4-8-21(20)14-26-16-23-15-25-26/h3-4,7-11,15-16H,1-2,5-6,12-14H2,(H,24,27). The van der Waals surface area contributed by atoms with Gasteiger partial charge in [-0.25, -0.2) is 9.67 Å². The van der Waals surface area contributed by atoms with Crippen LogP contribution in [0.5, 0.6) is 0 Å². The second-order valence-corrected chi connectivity index (χ2v) is 7.13. The number of hydrogen-bond donors (Lipinski definition) is 1. The number of amides is 1. The topological polar surface area (TPSA) is 59.8 Å². The Morgan fingerprint density at radius 2 is 1.85 bits per heavy atom. The second-order valence-electron chi connectivity index (χ2n) is 7.13. The molecule has 138 valence electrons. The lowest BCUT2D eigenvalue weighted by atomic mass is 9.90. The predicted octanol–water partition coefficient (Wildman–Crippen LogP) is 3.06. The van der Waals surface area contributed by atoms with Gasteiger partial charge in [0.05, 0.1) is 13.0 Å². The molecular weight excluding hydrogens is 336 g/mol. The molecule has 0 radical (unpaired) electrons. The summed E-state index contributed by atoms with van der Waals surface area (Å²) in [6.45, 7) is 1.17. The molecule has 0 aliphatic heterocycles. The van der Waals surface area contributed by atoms with Crippen molar-refractivity contribution in [3.05, 3.63) is 82.9 Å². The average Bonchev–Trinajstić information content (AvgIpc) is 3.20. The van der Waals surface area contributed by atoms with Gasteiger partial charge in [-0.2, -0.15) is 5.10 Å². The molecule has 1 aliphatic carbocycles. The Kier molecular flexibility index (Phi) is 5.28. The van der Waals surface area contributed by atoms with Crippen LogP contribution >= 0.6 is 0 Å². The van der Waals surface area contributed by atoms with Crippen LogP contribution in [0.2, 0.25) is 0 Å². The van der Waals surface area contributed by atoms with Gasteiger partial charge in [-0.15, -0.1) is 0 Å². The molecule has 5 nitrogen and oxygen atoms in total. The van der Waals surface area contributed by atoms with Crippen molar-refractivity contribution in [2.75, 3.05) is 0 Å². The lowest BCUT2D eigenvalue weighted by Gasteiger charge is -2.16. The third kappa shape index (κ3) is 4.42. The van der Waals surface area contributed by atoms with Gasteiger partial charge < -0.3 is 5.32 Å². The van der Waals surface area contributed by atoms with E-state index in [0.717, 1.165) is 23.1 Å². The van der Waals surface area contributed by atoms with E-state index < -0.39 is 0 Å². The maximum atomic E-state index is 12.4. The monoisotopic (exact) mass is 360 g/mol. The number of aryl methyl sites for hydroxylation is 2. The molecule has 0 spiro atoms. The van der Waals surface area contributed by atoms with Crippen molar-refractivity contribution in [3.63, 3.8) is 0 Å². The van der Waals surface area contributed by atoms with E-state index in [1.807, 2.05) is 18.2 Å². The quantitative estimate of drug-likeness (QED) is 0.735. The first-order chi connectivity index (χ1) is 13.3. The number of nitrogens with zero attached hydrogens (tertiary/aromatic N) is 3. The van der Waals surface area contributed by atoms with Crippen molar-refractivity contribution < 1.29 is 4.79 Å². The summed E-state index contributed by atoms with van der Waals surface area (Å²) < 4.78 is 1.79. The molecule has 3 aromatic rings. The molecule has 1 aliphatic rings. The molecule has 0 atom stereocenters. The van der Waals surface area contributed by atoms with Crippen LogP contribution in [-0.2, 0) is 37.1 Å². The average molecular weight is 360 g/mol. The normalized spacial score (nSPS) is 13.2. The van der Waals surface area contributed by atoms with Crippen molar-refractivity contribution in [3.8, 4) is 0 Å². The van der Waals surface area contributed by atoms with Gasteiger partial charge in [-0.3, -0.25) is 4.79 Å². The lowest BCUT2D eigenvalue weighted by Crippen LogP contribution is -2.25. The molecule has 5 heteroatoms. The van der Waals surface area contributed by atoms with Crippen molar-refractivity contribution in [1.29, 1.82) is 0 Å². The minimum absolute atomic E-state index is 0.0568. The number of fused-ring (bicyclic) bond motifs is 1. The lowest BCUT2D eigenvalue weighted by molar-refractivity contribution is -0.120. The van der Waals surface area contributed by atoms with Gasteiger partial charge in [0.25, 0.3) is 0 Å². The Labute approximate surface area is 159 Å². The molecular formula is C22H24N4O. The molecule has 1 amide bonds. The summed E-state index contributed by atoms with van der Waals surface area (Å²) in [7, 11) is 0. The highest BCUT2D eigenvalue weighted by molar-refractivity contribution is 5.78. The molecule has 0 saturated carbocycles. The second kappa shape index (κ2) is 8.16. The van der Waals surface area contributed by atoms with Crippen molar-refractivity contribution in [2.24, 2.45) is 0 Å². The van der Waals surface area contributed by atoms with Crippen LogP contribution in [0, 0.1) is 0 Å². The molecule has 2 aromatic carbocycles. The first-order valence-corrected chi connectivity index (χ1v) is 9.54. The van der Waals surface area contributed by atoms with Crippen LogP contribution in [0.25, 0.3) is 0 Å². The summed E-state index contributed by atoms with van der Waals surface area (Å²) in [4.78, 5) is 16.4. The Balaban J connectivity index is 1.37. The van der Waals surface area contributed by atoms with Gasteiger partial charge in [0.15, 0.2) is 0 Å². The maximum absolute atomic E-state index is 12.4. The van der Waals surface area contributed by atoms with Crippen LogP contribution in [0.3, 0.4) is 0 Å². The fraction of sp³-hybridized carbons (Fsp3) is 0.318. The highest BCUT2D eigenvalue weighted by Crippen LogP contribution is 2.22. The van der Waals surface area contributed by atoms with Gasteiger partial charge in [0.1, 0.15) is 12.7 Å². The Hall–Kier alpha value is -2.95. The van der Waals surface area contributed by atoms with Gasteiger partial charge in [-0.1, -0.05) is 42.5 Å². The van der Waals surface area contributed by atoms with Crippen molar-refractivity contribution >= 4 is 5.91 Å². The highest BCUT2D eigenvalue weighted by atomic mass is 16.1. The maximum Gasteiger partial charge on any atom is 0.224 e. The summed E-state index contributed by atoms with van der Waals surface area (Å²) >= 11 is 0. The van der Waals surface area contributed by atoms with Crippen LogP contribution in [0.15, 0.2) is 55.1 Å². The van der Waals surface area contributed by atoms with E-state index in [9.17, 15) is 4.79 Å². The minimum Gasteiger partial charge on any atom is -0.352 e. The van der Waals surface area contributed by atoms with Crippen LogP contribution in [-0.4, -0.2) is 20.7 Å². The van der Waals surface area contributed by atoms with E-state index in [4.69, 9.17) is 0 Å². The van der Waals surface area contributed by atoms with Gasteiger partial charge >= 0.3 is 0 Å². The first kappa shape index (κ1) is 17.5. The Morgan fingerprint density at radius 3 is 2.67 bits per heavy atom. The van der Waals surface area contributed by atoms with Gasteiger partial charge in [-0.05, 0) is 53.5 Å². The third-order valence-electron chi connectivity index (χ3n) is 5.17.